The van der Waals surface area contributed by atoms with Crippen LogP contribution < -0.4 is 16.0 Å². The smallest absolute Gasteiger partial charge is 0.338 e. The van der Waals surface area contributed by atoms with Crippen LogP contribution in [0.3, 0.4) is 0 Å². The third-order valence-electron chi connectivity index (χ3n) is 7.19. The van der Waals surface area contributed by atoms with Crippen molar-refractivity contribution < 1.29 is 22.8 Å². The third kappa shape index (κ3) is 6.35. The predicted octanol–water partition coefficient (Wildman–Crippen LogP) is 5.75. The maximum atomic E-state index is 12.8. The molecule has 12 heteroatoms. The van der Waals surface area contributed by atoms with Crippen LogP contribution in [0.4, 0.5) is 30.4 Å². The van der Waals surface area contributed by atoms with Gasteiger partial charge in [-0.05, 0) is 72.8 Å². The number of carbonyl (C=O) groups is 2. The Kier molecular flexibility index (Phi) is 7.90. The zero-order valence-corrected chi connectivity index (χ0v) is 23.2. The fourth-order valence-corrected chi connectivity index (χ4v) is 4.81. The van der Waals surface area contributed by atoms with Gasteiger partial charge in [0.1, 0.15) is 11.8 Å². The van der Waals surface area contributed by atoms with E-state index in [-0.39, 0.29) is 11.6 Å². The van der Waals surface area contributed by atoms with Gasteiger partial charge in [0.15, 0.2) is 5.82 Å². The van der Waals surface area contributed by atoms with E-state index in [2.05, 4.69) is 25.9 Å². The second-order valence-electron chi connectivity index (χ2n) is 10.1. The minimum atomic E-state index is -4.45. The molecule has 2 aromatic heterocycles. The zero-order chi connectivity index (χ0) is 30.7. The van der Waals surface area contributed by atoms with Gasteiger partial charge in [0.05, 0.1) is 16.8 Å². The fraction of sp³-hybridized carbons (Fsp3) is 0.156. The molecule has 0 spiro atoms. The monoisotopic (exact) mass is 597 g/mol. The first-order valence-corrected chi connectivity index (χ1v) is 13.8. The van der Waals surface area contributed by atoms with Crippen molar-refractivity contribution in [2.45, 2.75) is 6.18 Å². The number of alkyl halides is 3. The Hall–Kier alpha value is -5.36. The van der Waals surface area contributed by atoms with E-state index in [1.54, 1.807) is 24.3 Å². The topological polar surface area (TPSA) is 112 Å². The van der Waals surface area contributed by atoms with Gasteiger partial charge in [-0.1, -0.05) is 12.1 Å². The van der Waals surface area contributed by atoms with Crippen molar-refractivity contribution in [1.82, 2.24) is 25.2 Å². The van der Waals surface area contributed by atoms with E-state index in [1.165, 1.54) is 18.5 Å². The van der Waals surface area contributed by atoms with E-state index in [1.807, 2.05) is 41.3 Å². The van der Waals surface area contributed by atoms with Crippen LogP contribution in [0.5, 0.6) is 0 Å². The number of pyridine rings is 1. The minimum Gasteiger partial charge on any atom is -0.338 e. The number of hydrogen-bond acceptors (Lipinski definition) is 7. The summed E-state index contributed by atoms with van der Waals surface area (Å²) in [7, 11) is 0. The predicted molar refractivity (Wildman–Crippen MR) is 161 cm³/mol. The molecule has 6 rings (SSSR count). The quantitative estimate of drug-likeness (QED) is 0.229. The first kappa shape index (κ1) is 28.7. The molecule has 0 atom stereocenters. The number of nitrogens with one attached hydrogen (secondary N) is 3. The minimum absolute atomic E-state index is 0.00694. The van der Waals surface area contributed by atoms with Crippen molar-refractivity contribution in [1.29, 1.82) is 0 Å². The van der Waals surface area contributed by atoms with E-state index in [0.29, 0.717) is 52.4 Å². The average Bonchev–Trinajstić information content (AvgIpc) is 3.05. The van der Waals surface area contributed by atoms with Crippen LogP contribution in [0.2, 0.25) is 0 Å². The number of hydrogen-bond donors (Lipinski definition) is 3. The fourth-order valence-electron chi connectivity index (χ4n) is 4.81. The molecular weight excluding hydrogens is 571 g/mol. The molecule has 0 aliphatic carbocycles. The molecule has 3 N–H and O–H groups in total. The molecule has 222 valence electrons. The molecule has 3 heterocycles. The van der Waals surface area contributed by atoms with Crippen molar-refractivity contribution in [3.63, 3.8) is 0 Å². The number of anilines is 3. The van der Waals surface area contributed by atoms with E-state index in [0.717, 1.165) is 30.8 Å². The number of amides is 2. The summed E-state index contributed by atoms with van der Waals surface area (Å²) in [4.78, 5) is 40.8. The molecular formula is C32H26F3N7O2. The highest BCUT2D eigenvalue weighted by Gasteiger charge is 2.30. The number of benzene rings is 3. The number of fused-ring (bicyclic) bond motifs is 1. The number of piperazine rings is 1. The highest BCUT2D eigenvalue weighted by Crippen LogP contribution is 2.30. The second-order valence-corrected chi connectivity index (χ2v) is 10.1. The van der Waals surface area contributed by atoms with Crippen molar-refractivity contribution in [2.24, 2.45) is 0 Å². The van der Waals surface area contributed by atoms with Gasteiger partial charge in [0, 0.05) is 54.2 Å². The Labute approximate surface area is 250 Å². The summed E-state index contributed by atoms with van der Waals surface area (Å²) in [6.07, 6.45) is -3.02. The zero-order valence-electron chi connectivity index (χ0n) is 23.2. The number of nitrogens with zero attached hydrogens (tertiary/aromatic N) is 4. The summed E-state index contributed by atoms with van der Waals surface area (Å²) in [5, 5.41) is 9.06. The molecule has 0 bridgehead atoms. The Balaban J connectivity index is 1.16. The van der Waals surface area contributed by atoms with Crippen LogP contribution in [0.15, 0.2) is 91.3 Å². The number of rotatable bonds is 6. The highest BCUT2D eigenvalue weighted by atomic mass is 19.4. The number of carbonyl (C=O) groups excluding carboxylic acids is 2. The van der Waals surface area contributed by atoms with Crippen LogP contribution in [0, 0.1) is 0 Å². The first-order valence-electron chi connectivity index (χ1n) is 13.8. The molecule has 9 nitrogen and oxygen atoms in total. The summed E-state index contributed by atoms with van der Waals surface area (Å²) < 4.78 is 38.4. The van der Waals surface area contributed by atoms with Crippen LogP contribution in [0.1, 0.15) is 26.3 Å². The van der Waals surface area contributed by atoms with Gasteiger partial charge < -0.3 is 20.9 Å². The summed E-state index contributed by atoms with van der Waals surface area (Å²) in [6, 6.07) is 21.9. The van der Waals surface area contributed by atoms with Crippen LogP contribution in [0.25, 0.3) is 22.3 Å². The molecule has 0 radical (unpaired) electrons. The van der Waals surface area contributed by atoms with E-state index in [4.69, 9.17) is 4.98 Å². The van der Waals surface area contributed by atoms with Crippen molar-refractivity contribution in [2.75, 3.05) is 36.8 Å². The molecule has 44 heavy (non-hydrogen) atoms. The Bertz CT molecular complexity index is 1800. The molecule has 0 unspecified atom stereocenters. The molecule has 1 saturated heterocycles. The summed E-state index contributed by atoms with van der Waals surface area (Å²) >= 11 is 0. The normalized spacial score (nSPS) is 13.5. The maximum Gasteiger partial charge on any atom is 0.416 e. The second kappa shape index (κ2) is 12.1. The lowest BCUT2D eigenvalue weighted by Gasteiger charge is -2.27. The highest BCUT2D eigenvalue weighted by molar-refractivity contribution is 6.04. The van der Waals surface area contributed by atoms with Gasteiger partial charge in [0.2, 0.25) is 0 Å². The lowest BCUT2D eigenvalue weighted by molar-refractivity contribution is -0.137. The molecule has 0 saturated carbocycles. The van der Waals surface area contributed by atoms with E-state index in [9.17, 15) is 22.8 Å². The molecule has 1 aliphatic rings. The molecule has 2 amide bonds. The summed E-state index contributed by atoms with van der Waals surface area (Å²) in [5.74, 6) is 0.00701. The van der Waals surface area contributed by atoms with Gasteiger partial charge in [-0.25, -0.2) is 15.0 Å². The Morgan fingerprint density at radius 3 is 2.11 bits per heavy atom. The number of aromatic nitrogens is 3. The van der Waals surface area contributed by atoms with Crippen molar-refractivity contribution in [3.05, 3.63) is 108 Å². The molecule has 3 aromatic carbocycles. The first-order chi connectivity index (χ1) is 21.2. The SMILES string of the molecule is O=C(Nc1ccc(C(F)(F)F)cc1)c1ccc(Nc2ncnc3ccc(-c4ccc(C(=O)N5CCNCC5)cc4)nc23)cc1. The van der Waals surface area contributed by atoms with Gasteiger partial charge in [0.25, 0.3) is 11.8 Å². The van der Waals surface area contributed by atoms with Gasteiger partial charge in [-0.3, -0.25) is 9.59 Å². The van der Waals surface area contributed by atoms with Crippen LogP contribution in [-0.4, -0.2) is 57.8 Å². The lowest BCUT2D eigenvalue weighted by Crippen LogP contribution is -2.46. The van der Waals surface area contributed by atoms with Crippen LogP contribution in [-0.2, 0) is 6.18 Å². The van der Waals surface area contributed by atoms with Crippen molar-refractivity contribution >= 4 is 40.0 Å². The Morgan fingerprint density at radius 1 is 0.773 bits per heavy atom. The Morgan fingerprint density at radius 2 is 1.43 bits per heavy atom. The summed E-state index contributed by atoms with van der Waals surface area (Å²) in [6.45, 7) is 2.94. The van der Waals surface area contributed by atoms with Crippen molar-refractivity contribution in [3.8, 4) is 11.3 Å². The maximum absolute atomic E-state index is 12.8. The number of halogens is 3. The average molecular weight is 598 g/mol. The van der Waals surface area contributed by atoms with E-state index >= 15 is 0 Å². The van der Waals surface area contributed by atoms with E-state index < -0.39 is 17.6 Å². The molecule has 1 aliphatic heterocycles. The largest absolute Gasteiger partial charge is 0.416 e. The molecule has 5 aromatic rings. The standard InChI is InChI=1S/C32H26F3N7O2/c33-32(34,35)23-7-11-25(12-8-23)40-30(43)21-5-9-24(10-6-21)39-29-28-27(37-19-38-29)14-13-26(41-28)20-1-3-22(4-2-20)31(44)42-17-15-36-16-18-42/h1-14,19,36H,15-18H2,(H,40,43)(H,37,38,39). The molecule has 1 fully saturated rings. The van der Waals surface area contributed by atoms with Gasteiger partial charge in [-0.2, -0.15) is 13.2 Å². The van der Waals surface area contributed by atoms with Crippen LogP contribution >= 0.6 is 0 Å². The lowest BCUT2D eigenvalue weighted by atomic mass is 10.1. The van der Waals surface area contributed by atoms with Gasteiger partial charge >= 0.3 is 6.18 Å². The summed E-state index contributed by atoms with van der Waals surface area (Å²) in [5.41, 5.74) is 3.73. The third-order valence-corrected chi connectivity index (χ3v) is 7.19. The van der Waals surface area contributed by atoms with Gasteiger partial charge in [-0.15, -0.1) is 0 Å².